The zero-order chi connectivity index (χ0) is 13.2. The van der Waals surface area contributed by atoms with Crippen LogP contribution in [0.2, 0.25) is 5.02 Å². The summed E-state index contributed by atoms with van der Waals surface area (Å²) < 4.78 is 5.20. The fourth-order valence-electron chi connectivity index (χ4n) is 2.46. The van der Waals surface area contributed by atoms with Crippen LogP contribution in [0.25, 0.3) is 0 Å². The topological polar surface area (TPSA) is 46.5 Å². The lowest BCUT2D eigenvalue weighted by Crippen LogP contribution is -2.36. The first-order valence-corrected chi connectivity index (χ1v) is 6.51. The molecule has 0 spiro atoms. The Bertz CT molecular complexity index is 450. The largest absolute Gasteiger partial charge is 0.496 e. The predicted octanol–water partition coefficient (Wildman–Crippen LogP) is 2.77. The Balaban J connectivity index is 2.18. The SMILES string of the molecule is COc1ccc(Cl)cc1CC(=O)C1(O)CCCC1. The van der Waals surface area contributed by atoms with Gasteiger partial charge in [-0.1, -0.05) is 11.6 Å². The third-order valence-corrected chi connectivity index (χ3v) is 3.78. The first kappa shape index (κ1) is 13.4. The minimum atomic E-state index is -1.15. The van der Waals surface area contributed by atoms with Crippen LogP contribution in [-0.2, 0) is 11.2 Å². The molecule has 18 heavy (non-hydrogen) atoms. The predicted molar refractivity (Wildman–Crippen MR) is 70.1 cm³/mol. The van der Waals surface area contributed by atoms with Crippen molar-refractivity contribution in [3.8, 4) is 5.75 Å². The summed E-state index contributed by atoms with van der Waals surface area (Å²) in [6.07, 6.45) is 3.12. The number of ketones is 1. The van der Waals surface area contributed by atoms with E-state index in [1.807, 2.05) is 0 Å². The molecule has 1 aliphatic carbocycles. The lowest BCUT2D eigenvalue weighted by atomic mass is 9.91. The van der Waals surface area contributed by atoms with E-state index in [1.165, 1.54) is 0 Å². The number of carbonyl (C=O) groups is 1. The summed E-state index contributed by atoms with van der Waals surface area (Å²) in [6, 6.07) is 5.18. The maximum Gasteiger partial charge on any atom is 0.168 e. The molecule has 0 unspecified atom stereocenters. The number of halogens is 1. The molecule has 0 radical (unpaired) electrons. The van der Waals surface area contributed by atoms with Crippen LogP contribution < -0.4 is 4.74 Å². The molecule has 0 bridgehead atoms. The van der Waals surface area contributed by atoms with E-state index in [1.54, 1.807) is 25.3 Å². The summed E-state index contributed by atoms with van der Waals surface area (Å²) in [6.45, 7) is 0. The first-order valence-electron chi connectivity index (χ1n) is 6.13. The molecule has 3 nitrogen and oxygen atoms in total. The van der Waals surface area contributed by atoms with Crippen LogP contribution in [0.1, 0.15) is 31.2 Å². The maximum atomic E-state index is 12.2. The lowest BCUT2D eigenvalue weighted by molar-refractivity contribution is -0.136. The smallest absolute Gasteiger partial charge is 0.168 e. The van der Waals surface area contributed by atoms with Gasteiger partial charge in [0.05, 0.1) is 7.11 Å². The van der Waals surface area contributed by atoms with Gasteiger partial charge in [0, 0.05) is 17.0 Å². The Morgan fingerprint density at radius 3 is 2.72 bits per heavy atom. The molecule has 0 heterocycles. The van der Waals surface area contributed by atoms with Crippen LogP contribution in [0, 0.1) is 0 Å². The second-order valence-electron chi connectivity index (χ2n) is 4.79. The van der Waals surface area contributed by atoms with Crippen LogP contribution in [0.3, 0.4) is 0 Å². The first-order chi connectivity index (χ1) is 8.55. The van der Waals surface area contributed by atoms with E-state index >= 15 is 0 Å². The number of carbonyl (C=O) groups excluding carboxylic acids is 1. The van der Waals surface area contributed by atoms with Gasteiger partial charge < -0.3 is 9.84 Å². The highest BCUT2D eigenvalue weighted by Gasteiger charge is 2.38. The molecular weight excluding hydrogens is 252 g/mol. The molecule has 1 fully saturated rings. The van der Waals surface area contributed by atoms with Gasteiger partial charge in [0.25, 0.3) is 0 Å². The van der Waals surface area contributed by atoms with Crippen molar-refractivity contribution in [3.05, 3.63) is 28.8 Å². The van der Waals surface area contributed by atoms with E-state index in [-0.39, 0.29) is 12.2 Å². The molecule has 0 amide bonds. The molecule has 0 aromatic heterocycles. The molecule has 1 N–H and O–H groups in total. The Labute approximate surface area is 112 Å². The molecule has 4 heteroatoms. The standard InChI is InChI=1S/C14H17ClO3/c1-18-12-5-4-11(15)8-10(12)9-13(16)14(17)6-2-3-7-14/h4-5,8,17H,2-3,6-7,9H2,1H3. The van der Waals surface area contributed by atoms with Crippen molar-refractivity contribution in [2.75, 3.05) is 7.11 Å². The van der Waals surface area contributed by atoms with Gasteiger partial charge in [0.1, 0.15) is 11.4 Å². The average molecular weight is 269 g/mol. The molecule has 2 rings (SSSR count). The summed E-state index contributed by atoms with van der Waals surface area (Å²) in [5.74, 6) is 0.495. The van der Waals surface area contributed by atoms with Gasteiger partial charge >= 0.3 is 0 Å². The Hall–Kier alpha value is -1.06. The number of methoxy groups -OCH3 is 1. The number of Topliss-reactive ketones (excluding diaryl/α,β-unsaturated/α-hetero) is 1. The highest BCUT2D eigenvalue weighted by molar-refractivity contribution is 6.30. The van der Waals surface area contributed by atoms with E-state index in [0.29, 0.717) is 23.6 Å². The lowest BCUT2D eigenvalue weighted by Gasteiger charge is -2.20. The minimum Gasteiger partial charge on any atom is -0.496 e. The number of aliphatic hydroxyl groups is 1. The number of benzene rings is 1. The van der Waals surface area contributed by atoms with Gasteiger partial charge in [0.2, 0.25) is 0 Å². The van der Waals surface area contributed by atoms with Crippen molar-refractivity contribution >= 4 is 17.4 Å². The fraction of sp³-hybridized carbons (Fsp3) is 0.500. The van der Waals surface area contributed by atoms with Crippen LogP contribution in [0.4, 0.5) is 0 Å². The summed E-state index contributed by atoms with van der Waals surface area (Å²) in [5, 5.41) is 10.8. The second-order valence-corrected chi connectivity index (χ2v) is 5.23. The molecule has 98 valence electrons. The van der Waals surface area contributed by atoms with Crippen LogP contribution in [0.15, 0.2) is 18.2 Å². The number of ether oxygens (including phenoxy) is 1. The summed E-state index contributed by atoms with van der Waals surface area (Å²) in [7, 11) is 1.56. The van der Waals surface area contributed by atoms with E-state index in [2.05, 4.69) is 0 Å². The van der Waals surface area contributed by atoms with E-state index < -0.39 is 5.60 Å². The minimum absolute atomic E-state index is 0.138. The molecule has 0 aliphatic heterocycles. The van der Waals surface area contributed by atoms with Gasteiger partial charge in [-0.2, -0.15) is 0 Å². The maximum absolute atomic E-state index is 12.2. The molecule has 1 aliphatic rings. The Morgan fingerprint density at radius 1 is 1.44 bits per heavy atom. The van der Waals surface area contributed by atoms with E-state index in [9.17, 15) is 9.90 Å². The quantitative estimate of drug-likeness (QED) is 0.913. The van der Waals surface area contributed by atoms with E-state index in [4.69, 9.17) is 16.3 Å². The Morgan fingerprint density at radius 2 is 2.11 bits per heavy atom. The molecule has 0 atom stereocenters. The van der Waals surface area contributed by atoms with Crippen molar-refractivity contribution in [2.45, 2.75) is 37.7 Å². The third-order valence-electron chi connectivity index (χ3n) is 3.54. The van der Waals surface area contributed by atoms with Gasteiger partial charge in [-0.05, 0) is 43.9 Å². The molecule has 0 saturated heterocycles. The van der Waals surface area contributed by atoms with Crippen LogP contribution in [0.5, 0.6) is 5.75 Å². The van der Waals surface area contributed by atoms with Crippen LogP contribution in [-0.4, -0.2) is 23.6 Å². The third kappa shape index (κ3) is 2.68. The van der Waals surface area contributed by atoms with Gasteiger partial charge in [0.15, 0.2) is 5.78 Å². The van der Waals surface area contributed by atoms with Crippen LogP contribution >= 0.6 is 11.6 Å². The van der Waals surface area contributed by atoms with E-state index in [0.717, 1.165) is 18.4 Å². The highest BCUT2D eigenvalue weighted by Crippen LogP contribution is 2.32. The van der Waals surface area contributed by atoms with Crippen molar-refractivity contribution < 1.29 is 14.6 Å². The summed E-state index contributed by atoms with van der Waals surface area (Å²) in [5.41, 5.74) is -0.414. The van der Waals surface area contributed by atoms with Crippen molar-refractivity contribution in [1.29, 1.82) is 0 Å². The van der Waals surface area contributed by atoms with Gasteiger partial charge in [-0.3, -0.25) is 4.79 Å². The fourth-order valence-corrected chi connectivity index (χ4v) is 2.66. The summed E-state index contributed by atoms with van der Waals surface area (Å²) >= 11 is 5.92. The van der Waals surface area contributed by atoms with Gasteiger partial charge in [-0.25, -0.2) is 0 Å². The number of rotatable bonds is 4. The molecule has 1 aromatic carbocycles. The summed E-state index contributed by atoms with van der Waals surface area (Å²) in [4.78, 5) is 12.2. The van der Waals surface area contributed by atoms with Gasteiger partial charge in [-0.15, -0.1) is 0 Å². The molecule has 1 aromatic rings. The van der Waals surface area contributed by atoms with Crippen molar-refractivity contribution in [3.63, 3.8) is 0 Å². The zero-order valence-electron chi connectivity index (χ0n) is 10.4. The monoisotopic (exact) mass is 268 g/mol. The Kier molecular flexibility index (Phi) is 3.93. The average Bonchev–Trinajstić information content (AvgIpc) is 2.78. The highest BCUT2D eigenvalue weighted by atomic mass is 35.5. The zero-order valence-corrected chi connectivity index (χ0v) is 11.2. The van der Waals surface area contributed by atoms with Crippen molar-refractivity contribution in [2.24, 2.45) is 0 Å². The number of hydrogen-bond donors (Lipinski definition) is 1. The second kappa shape index (κ2) is 5.29. The molecule has 1 saturated carbocycles. The number of hydrogen-bond acceptors (Lipinski definition) is 3. The van der Waals surface area contributed by atoms with Crippen molar-refractivity contribution in [1.82, 2.24) is 0 Å². The normalized spacial score (nSPS) is 17.7. The molecular formula is C14H17ClO3.